The molecule has 0 aliphatic rings. The summed E-state index contributed by atoms with van der Waals surface area (Å²) in [4.78, 5) is 21.9. The van der Waals surface area contributed by atoms with Crippen molar-refractivity contribution in [2.75, 3.05) is 5.32 Å². The van der Waals surface area contributed by atoms with E-state index in [4.69, 9.17) is 0 Å². The molecule has 9 heteroatoms. The molecule has 2 rings (SSSR count). The molecule has 0 aliphatic heterocycles. The Balaban J connectivity index is 2.24. The molecule has 22 heavy (non-hydrogen) atoms. The topological polar surface area (TPSA) is 64.0 Å². The van der Waals surface area contributed by atoms with E-state index < -0.39 is 47.1 Å². The van der Waals surface area contributed by atoms with E-state index in [-0.39, 0.29) is 11.9 Å². The van der Waals surface area contributed by atoms with Crippen molar-refractivity contribution in [2.24, 2.45) is 0 Å². The molecule has 1 heterocycles. The molecule has 0 atom stereocenters. The largest absolute Gasteiger partial charge is 0.303 e. The molecule has 1 aromatic carbocycles. The minimum Gasteiger partial charge on any atom is -0.303 e. The minimum absolute atomic E-state index is 0.0436. The van der Waals surface area contributed by atoms with Crippen LogP contribution in [0.5, 0.6) is 0 Å². The Bertz CT molecular complexity index is 732. The van der Waals surface area contributed by atoms with E-state index in [0.29, 0.717) is 0 Å². The summed E-state index contributed by atoms with van der Waals surface area (Å²) >= 11 is 0. The standard InChI is InChI=1S/C13H9F4N3O2/c1-6(21)13(22)18-10-2-3-20(19-10)5-7-11(16)8(14)4-9(15)12(7)17/h2-4H,5H2,1H3,(H,18,19,22). The lowest BCUT2D eigenvalue weighted by molar-refractivity contribution is -0.133. The summed E-state index contributed by atoms with van der Waals surface area (Å²) in [5, 5.41) is 5.87. The highest BCUT2D eigenvalue weighted by Crippen LogP contribution is 2.20. The van der Waals surface area contributed by atoms with Crippen molar-refractivity contribution in [3.8, 4) is 0 Å². The van der Waals surface area contributed by atoms with E-state index >= 15 is 0 Å². The van der Waals surface area contributed by atoms with Crippen LogP contribution < -0.4 is 5.32 Å². The fourth-order valence-electron chi connectivity index (χ4n) is 1.64. The highest BCUT2D eigenvalue weighted by atomic mass is 19.2. The second-order valence-electron chi connectivity index (χ2n) is 4.36. The van der Waals surface area contributed by atoms with Crippen LogP contribution in [-0.2, 0) is 16.1 Å². The molecular weight excluding hydrogens is 306 g/mol. The monoisotopic (exact) mass is 315 g/mol. The summed E-state index contributed by atoms with van der Waals surface area (Å²) in [6.07, 6.45) is 1.22. The highest BCUT2D eigenvalue weighted by molar-refractivity contribution is 6.39. The van der Waals surface area contributed by atoms with Crippen LogP contribution in [-0.4, -0.2) is 21.5 Å². The van der Waals surface area contributed by atoms with Crippen molar-refractivity contribution in [1.29, 1.82) is 0 Å². The van der Waals surface area contributed by atoms with Gasteiger partial charge in [0.15, 0.2) is 29.1 Å². The fraction of sp³-hybridized carbons (Fsp3) is 0.154. The Labute approximate surface area is 121 Å². The number of benzene rings is 1. The first-order valence-electron chi connectivity index (χ1n) is 5.97. The molecule has 116 valence electrons. The van der Waals surface area contributed by atoms with Crippen LogP contribution in [0.4, 0.5) is 23.4 Å². The maximum atomic E-state index is 13.5. The molecule has 0 radical (unpaired) electrons. The molecule has 1 aromatic heterocycles. The highest BCUT2D eigenvalue weighted by Gasteiger charge is 2.19. The number of amides is 1. The smallest absolute Gasteiger partial charge is 0.292 e. The average Bonchev–Trinajstić information content (AvgIpc) is 2.88. The van der Waals surface area contributed by atoms with Gasteiger partial charge in [-0.3, -0.25) is 14.3 Å². The number of rotatable bonds is 4. The zero-order chi connectivity index (χ0) is 16.4. The van der Waals surface area contributed by atoms with Gasteiger partial charge in [0.1, 0.15) is 0 Å². The summed E-state index contributed by atoms with van der Waals surface area (Å²) in [5.41, 5.74) is -0.843. The number of Topliss-reactive ketones (excluding diaryl/α,β-unsaturated/α-hetero) is 1. The van der Waals surface area contributed by atoms with Crippen molar-refractivity contribution in [3.05, 3.63) is 47.2 Å². The third-order valence-corrected chi connectivity index (χ3v) is 2.72. The van der Waals surface area contributed by atoms with Crippen LogP contribution in [0.2, 0.25) is 0 Å². The maximum Gasteiger partial charge on any atom is 0.292 e. The number of aromatic nitrogens is 2. The average molecular weight is 315 g/mol. The molecular formula is C13H9F4N3O2. The number of carbonyl (C=O) groups excluding carboxylic acids is 2. The van der Waals surface area contributed by atoms with Gasteiger partial charge in [-0.25, -0.2) is 17.6 Å². The van der Waals surface area contributed by atoms with E-state index in [1.165, 1.54) is 12.3 Å². The fourth-order valence-corrected chi connectivity index (χ4v) is 1.64. The first-order chi connectivity index (χ1) is 10.3. The first-order valence-corrected chi connectivity index (χ1v) is 5.97. The van der Waals surface area contributed by atoms with Crippen molar-refractivity contribution in [1.82, 2.24) is 9.78 Å². The SMILES string of the molecule is CC(=O)C(=O)Nc1ccn(Cc2c(F)c(F)cc(F)c2F)n1. The number of hydrogen-bond donors (Lipinski definition) is 1. The van der Waals surface area contributed by atoms with Crippen molar-refractivity contribution in [2.45, 2.75) is 13.5 Å². The number of nitrogens with zero attached hydrogens (tertiary/aromatic N) is 2. The molecule has 0 spiro atoms. The van der Waals surface area contributed by atoms with Gasteiger partial charge >= 0.3 is 0 Å². The van der Waals surface area contributed by atoms with Crippen LogP contribution >= 0.6 is 0 Å². The van der Waals surface area contributed by atoms with E-state index in [2.05, 4.69) is 10.4 Å². The predicted octanol–water partition coefficient (Wildman–Crippen LogP) is 2.02. The summed E-state index contributed by atoms with van der Waals surface area (Å²) in [6, 6.07) is 1.36. The Kier molecular flexibility index (Phi) is 4.25. The van der Waals surface area contributed by atoms with Crippen molar-refractivity contribution < 1.29 is 27.2 Å². The van der Waals surface area contributed by atoms with E-state index in [0.717, 1.165) is 11.6 Å². The van der Waals surface area contributed by atoms with Gasteiger partial charge in [0.05, 0.1) is 12.1 Å². The van der Waals surface area contributed by atoms with Gasteiger partial charge in [0, 0.05) is 25.3 Å². The lowest BCUT2D eigenvalue weighted by Crippen LogP contribution is -2.20. The third-order valence-electron chi connectivity index (χ3n) is 2.72. The quantitative estimate of drug-likeness (QED) is 0.533. The van der Waals surface area contributed by atoms with Gasteiger partial charge in [0.25, 0.3) is 5.91 Å². The minimum atomic E-state index is -1.52. The summed E-state index contributed by atoms with van der Waals surface area (Å²) < 4.78 is 54.1. The molecule has 0 saturated carbocycles. The molecule has 0 fully saturated rings. The molecule has 1 amide bonds. The number of carbonyl (C=O) groups is 2. The van der Waals surface area contributed by atoms with E-state index in [1.807, 2.05) is 0 Å². The number of halogens is 4. The number of hydrogen-bond acceptors (Lipinski definition) is 3. The number of ketones is 1. The Morgan fingerprint density at radius 1 is 1.18 bits per heavy atom. The Hall–Kier alpha value is -2.71. The zero-order valence-electron chi connectivity index (χ0n) is 11.2. The van der Waals surface area contributed by atoms with Gasteiger partial charge in [0.2, 0.25) is 5.78 Å². The molecule has 0 aliphatic carbocycles. The normalized spacial score (nSPS) is 10.6. The Morgan fingerprint density at radius 2 is 1.77 bits per heavy atom. The van der Waals surface area contributed by atoms with Crippen molar-refractivity contribution >= 4 is 17.5 Å². The summed E-state index contributed by atoms with van der Waals surface area (Å²) in [7, 11) is 0. The van der Waals surface area contributed by atoms with Gasteiger partial charge in [-0.2, -0.15) is 5.10 Å². The number of nitrogens with one attached hydrogen (secondary N) is 1. The number of anilines is 1. The molecule has 0 bridgehead atoms. The first kappa shape index (κ1) is 15.7. The second kappa shape index (κ2) is 5.96. The van der Waals surface area contributed by atoms with Crippen LogP contribution in [0.3, 0.4) is 0 Å². The van der Waals surface area contributed by atoms with Gasteiger partial charge in [-0.05, 0) is 0 Å². The molecule has 0 unspecified atom stereocenters. The molecule has 5 nitrogen and oxygen atoms in total. The maximum absolute atomic E-state index is 13.5. The third kappa shape index (κ3) is 3.13. The predicted molar refractivity (Wildman–Crippen MR) is 66.9 cm³/mol. The summed E-state index contributed by atoms with van der Waals surface area (Å²) in [5.74, 6) is -7.80. The molecule has 1 N–H and O–H groups in total. The second-order valence-corrected chi connectivity index (χ2v) is 4.36. The van der Waals surface area contributed by atoms with Gasteiger partial charge in [-0.1, -0.05) is 0 Å². The lowest BCUT2D eigenvalue weighted by atomic mass is 10.2. The molecule has 2 aromatic rings. The van der Waals surface area contributed by atoms with Crippen molar-refractivity contribution in [3.63, 3.8) is 0 Å². The Morgan fingerprint density at radius 3 is 2.32 bits per heavy atom. The van der Waals surface area contributed by atoms with Gasteiger partial charge < -0.3 is 5.32 Å². The van der Waals surface area contributed by atoms with Crippen LogP contribution in [0, 0.1) is 23.3 Å². The van der Waals surface area contributed by atoms with Crippen LogP contribution in [0.25, 0.3) is 0 Å². The van der Waals surface area contributed by atoms with Crippen LogP contribution in [0.15, 0.2) is 18.3 Å². The summed E-state index contributed by atoms with van der Waals surface area (Å²) in [6.45, 7) is 0.453. The zero-order valence-corrected chi connectivity index (χ0v) is 11.2. The lowest BCUT2D eigenvalue weighted by Gasteiger charge is -2.07. The van der Waals surface area contributed by atoms with Gasteiger partial charge in [-0.15, -0.1) is 0 Å². The van der Waals surface area contributed by atoms with Crippen LogP contribution in [0.1, 0.15) is 12.5 Å². The van der Waals surface area contributed by atoms with E-state index in [9.17, 15) is 27.2 Å². The molecule has 0 saturated heterocycles. The van der Waals surface area contributed by atoms with E-state index in [1.54, 1.807) is 0 Å².